The van der Waals surface area contributed by atoms with Gasteiger partial charge < -0.3 is 10.1 Å². The number of hydrogen-bond donors (Lipinski definition) is 1. The molecule has 182 valence electrons. The highest BCUT2D eigenvalue weighted by Gasteiger charge is 2.45. The second-order valence-corrected chi connectivity index (χ2v) is 10.6. The zero-order chi connectivity index (χ0) is 24.8. The lowest BCUT2D eigenvalue weighted by atomic mass is 9.80. The summed E-state index contributed by atoms with van der Waals surface area (Å²) >= 11 is 1.67. The summed E-state index contributed by atoms with van der Waals surface area (Å²) in [5.41, 5.74) is 4.32. The number of allylic oxidation sites excluding steroid dienone is 1. The van der Waals surface area contributed by atoms with Gasteiger partial charge in [0, 0.05) is 34.4 Å². The number of esters is 1. The first-order chi connectivity index (χ1) is 17.5. The molecule has 7 heteroatoms. The van der Waals surface area contributed by atoms with Gasteiger partial charge in [-0.2, -0.15) is 0 Å². The summed E-state index contributed by atoms with van der Waals surface area (Å²) in [5.74, 6) is -0.273. The highest BCUT2D eigenvalue weighted by molar-refractivity contribution is 7.10. The van der Waals surface area contributed by atoms with Crippen molar-refractivity contribution >= 4 is 40.4 Å². The van der Waals surface area contributed by atoms with Crippen LogP contribution in [0.15, 0.2) is 77.3 Å². The van der Waals surface area contributed by atoms with Gasteiger partial charge in [0.15, 0.2) is 5.78 Å². The lowest BCUT2D eigenvalue weighted by Crippen LogP contribution is -2.39. The standard InChI is InChI=1S/C29H26N2O4S/c1-35-29(34)19-12-8-17(9-13-19)27-26-22(15-20(16-24(26)32)25-7-4-14-36-25)30-21-5-2-3-6-23(21)31(27)28(33)18-10-11-18/h2-9,12-14,18,20,27,30H,10-11,15-16H2,1H3/t20-,27-/m0/s1. The number of ketones is 1. The number of ether oxygens (including phenoxy) is 1. The number of Topliss-reactive ketones (excluding diaryl/α,β-unsaturated/α-hetero) is 1. The Balaban J connectivity index is 1.53. The van der Waals surface area contributed by atoms with Crippen LogP contribution in [0.5, 0.6) is 0 Å². The van der Waals surface area contributed by atoms with E-state index >= 15 is 0 Å². The van der Waals surface area contributed by atoms with Crippen molar-refractivity contribution in [2.24, 2.45) is 5.92 Å². The number of para-hydroxylation sites is 2. The number of nitrogens with one attached hydrogen (secondary N) is 1. The van der Waals surface area contributed by atoms with Crippen molar-refractivity contribution in [3.63, 3.8) is 0 Å². The lowest BCUT2D eigenvalue weighted by Gasteiger charge is -2.35. The molecule has 1 saturated carbocycles. The normalized spacial score (nSPS) is 21.2. The van der Waals surface area contributed by atoms with Gasteiger partial charge in [-0.1, -0.05) is 30.3 Å². The third-order valence-corrected chi connectivity index (χ3v) is 8.28. The average molecular weight is 499 g/mol. The molecule has 36 heavy (non-hydrogen) atoms. The number of thiophene rings is 1. The first kappa shape index (κ1) is 22.7. The Labute approximate surface area is 213 Å². The maximum atomic E-state index is 13.9. The van der Waals surface area contributed by atoms with E-state index in [1.165, 1.54) is 12.0 Å². The van der Waals surface area contributed by atoms with Crippen molar-refractivity contribution in [2.75, 3.05) is 17.3 Å². The average Bonchev–Trinajstić information content (AvgIpc) is 3.64. The number of hydrogen-bond acceptors (Lipinski definition) is 6. The predicted molar refractivity (Wildman–Crippen MR) is 139 cm³/mol. The Morgan fingerprint density at radius 2 is 1.78 bits per heavy atom. The van der Waals surface area contributed by atoms with Crippen LogP contribution in [0.25, 0.3) is 0 Å². The SMILES string of the molecule is COC(=O)c1ccc([C@H]2C3=C(C[C@H](c4cccs4)CC3=O)Nc3ccccc3N2C(=O)C2CC2)cc1. The van der Waals surface area contributed by atoms with Gasteiger partial charge in [0.25, 0.3) is 0 Å². The van der Waals surface area contributed by atoms with E-state index in [1.807, 2.05) is 52.7 Å². The van der Waals surface area contributed by atoms with E-state index in [0.29, 0.717) is 24.0 Å². The zero-order valence-electron chi connectivity index (χ0n) is 19.9. The molecule has 0 bridgehead atoms. The van der Waals surface area contributed by atoms with Crippen molar-refractivity contribution in [1.82, 2.24) is 0 Å². The fraction of sp³-hybridized carbons (Fsp3) is 0.276. The van der Waals surface area contributed by atoms with Crippen molar-refractivity contribution in [1.29, 1.82) is 0 Å². The summed E-state index contributed by atoms with van der Waals surface area (Å²) in [6, 6.07) is 18.4. The van der Waals surface area contributed by atoms with Crippen LogP contribution in [0, 0.1) is 5.92 Å². The second-order valence-electron chi connectivity index (χ2n) is 9.58. The molecule has 3 aliphatic rings. The van der Waals surface area contributed by atoms with Gasteiger partial charge in [0.05, 0.1) is 30.1 Å². The van der Waals surface area contributed by atoms with Gasteiger partial charge >= 0.3 is 5.97 Å². The summed E-state index contributed by atoms with van der Waals surface area (Å²) in [6.07, 6.45) is 2.82. The molecule has 0 unspecified atom stereocenters. The number of carbonyl (C=O) groups is 3. The minimum atomic E-state index is -0.576. The molecule has 2 heterocycles. The van der Waals surface area contributed by atoms with Crippen LogP contribution in [-0.4, -0.2) is 24.8 Å². The molecular weight excluding hydrogens is 472 g/mol. The summed E-state index contributed by atoms with van der Waals surface area (Å²) in [7, 11) is 1.35. The van der Waals surface area contributed by atoms with Gasteiger partial charge in [0.2, 0.25) is 5.91 Å². The molecule has 3 aromatic rings. The molecule has 0 spiro atoms. The molecule has 0 saturated heterocycles. The van der Waals surface area contributed by atoms with Crippen molar-refractivity contribution in [3.8, 4) is 0 Å². The summed E-state index contributed by atoms with van der Waals surface area (Å²) in [6.45, 7) is 0. The molecule has 0 radical (unpaired) electrons. The highest BCUT2D eigenvalue weighted by atomic mass is 32.1. The molecule has 1 amide bonds. The molecule has 2 atom stereocenters. The minimum absolute atomic E-state index is 0.0328. The molecule has 6 rings (SSSR count). The summed E-state index contributed by atoms with van der Waals surface area (Å²) in [4.78, 5) is 42.8. The topological polar surface area (TPSA) is 75.7 Å². The van der Waals surface area contributed by atoms with Crippen LogP contribution in [0.4, 0.5) is 11.4 Å². The van der Waals surface area contributed by atoms with Gasteiger partial charge in [-0.3, -0.25) is 14.5 Å². The number of rotatable bonds is 4. The van der Waals surface area contributed by atoms with E-state index in [4.69, 9.17) is 4.74 Å². The van der Waals surface area contributed by atoms with E-state index in [1.54, 1.807) is 23.5 Å². The fourth-order valence-corrected chi connectivity index (χ4v) is 6.15. The van der Waals surface area contributed by atoms with Crippen LogP contribution in [-0.2, 0) is 14.3 Å². The highest BCUT2D eigenvalue weighted by Crippen LogP contribution is 2.49. The number of anilines is 2. The maximum Gasteiger partial charge on any atom is 0.337 e. The van der Waals surface area contributed by atoms with Gasteiger partial charge in [-0.25, -0.2) is 4.79 Å². The van der Waals surface area contributed by atoms with E-state index in [2.05, 4.69) is 11.4 Å². The van der Waals surface area contributed by atoms with Crippen molar-refractivity contribution < 1.29 is 19.1 Å². The minimum Gasteiger partial charge on any atom is -0.465 e. The van der Waals surface area contributed by atoms with E-state index in [9.17, 15) is 14.4 Å². The number of nitrogens with zero attached hydrogens (tertiary/aromatic N) is 1. The first-order valence-corrected chi connectivity index (χ1v) is 13.1. The first-order valence-electron chi connectivity index (χ1n) is 12.2. The zero-order valence-corrected chi connectivity index (χ0v) is 20.7. The lowest BCUT2D eigenvalue weighted by molar-refractivity contribution is -0.120. The Morgan fingerprint density at radius 1 is 1.00 bits per heavy atom. The Hall–Kier alpha value is -3.71. The van der Waals surface area contributed by atoms with E-state index < -0.39 is 12.0 Å². The Morgan fingerprint density at radius 3 is 2.47 bits per heavy atom. The van der Waals surface area contributed by atoms with Crippen LogP contribution in [0.2, 0.25) is 0 Å². The fourth-order valence-electron chi connectivity index (χ4n) is 5.32. The molecule has 1 fully saturated rings. The Bertz CT molecular complexity index is 1370. The van der Waals surface area contributed by atoms with Gasteiger partial charge in [-0.15, -0.1) is 11.3 Å². The number of carbonyl (C=O) groups excluding carboxylic acids is 3. The van der Waals surface area contributed by atoms with E-state index in [0.717, 1.165) is 35.5 Å². The molecule has 1 aliphatic heterocycles. The molecule has 2 aliphatic carbocycles. The quantitative estimate of drug-likeness (QED) is 0.457. The van der Waals surface area contributed by atoms with Crippen LogP contribution in [0.1, 0.15) is 58.4 Å². The predicted octanol–water partition coefficient (Wildman–Crippen LogP) is 5.85. The molecular formula is C29H26N2O4S. The van der Waals surface area contributed by atoms with Crippen molar-refractivity contribution in [2.45, 2.75) is 37.6 Å². The van der Waals surface area contributed by atoms with Crippen LogP contribution >= 0.6 is 11.3 Å². The maximum absolute atomic E-state index is 13.9. The third-order valence-electron chi connectivity index (χ3n) is 7.25. The van der Waals surface area contributed by atoms with E-state index in [-0.39, 0.29) is 23.5 Å². The molecule has 1 N–H and O–H groups in total. The molecule has 1 aromatic heterocycles. The number of amides is 1. The Kier molecular flexibility index (Phi) is 5.72. The number of fused-ring (bicyclic) bond motifs is 1. The van der Waals surface area contributed by atoms with Gasteiger partial charge in [0.1, 0.15) is 0 Å². The number of methoxy groups -OCH3 is 1. The van der Waals surface area contributed by atoms with Crippen molar-refractivity contribution in [3.05, 3.63) is 93.3 Å². The number of benzene rings is 2. The monoisotopic (exact) mass is 498 g/mol. The van der Waals surface area contributed by atoms with Crippen LogP contribution in [0.3, 0.4) is 0 Å². The molecule has 2 aromatic carbocycles. The largest absolute Gasteiger partial charge is 0.465 e. The second kappa shape index (κ2) is 9.06. The van der Waals surface area contributed by atoms with Gasteiger partial charge in [-0.05, 0) is 60.5 Å². The molecule has 6 nitrogen and oxygen atoms in total. The van der Waals surface area contributed by atoms with Crippen LogP contribution < -0.4 is 10.2 Å². The summed E-state index contributed by atoms with van der Waals surface area (Å²) in [5, 5.41) is 5.60. The smallest absolute Gasteiger partial charge is 0.337 e. The third kappa shape index (κ3) is 3.93. The summed E-state index contributed by atoms with van der Waals surface area (Å²) < 4.78 is 4.86.